The van der Waals surface area contributed by atoms with Gasteiger partial charge in [-0.15, -0.1) is 0 Å². The normalized spacial score (nSPS) is 11.8. The predicted octanol–water partition coefficient (Wildman–Crippen LogP) is 5.15. The maximum atomic E-state index is 12.7. The number of carbonyl (C=O) groups excluding carboxylic acids is 2. The second kappa shape index (κ2) is 8.68. The number of hydrogen-bond acceptors (Lipinski definition) is 2. The summed E-state index contributed by atoms with van der Waals surface area (Å²) >= 11 is 0. The van der Waals surface area contributed by atoms with E-state index in [2.05, 4.69) is 26.1 Å². The molecule has 0 unspecified atom stereocenters. The van der Waals surface area contributed by atoms with Crippen LogP contribution in [0.15, 0.2) is 48.5 Å². The number of anilines is 1. The van der Waals surface area contributed by atoms with Crippen LogP contribution in [0.1, 0.15) is 49.2 Å². The Hall–Kier alpha value is -2.83. The fourth-order valence-corrected chi connectivity index (χ4v) is 2.80. The zero-order chi connectivity index (χ0) is 21.8. The molecule has 0 aromatic heterocycles. The van der Waals surface area contributed by atoms with Gasteiger partial charge in [-0.3, -0.25) is 9.59 Å². The SMILES string of the molecule is CCN(Cc1cccc(NC(=O)c2ccc(C(C)(C)C)cc2)c1)C(=O)C(F)(F)F. The molecule has 0 bridgehead atoms. The van der Waals surface area contributed by atoms with Crippen molar-refractivity contribution in [2.24, 2.45) is 0 Å². The summed E-state index contributed by atoms with van der Waals surface area (Å²) < 4.78 is 38.0. The van der Waals surface area contributed by atoms with E-state index in [1.807, 2.05) is 12.1 Å². The summed E-state index contributed by atoms with van der Waals surface area (Å²) in [5.41, 5.74) is 2.49. The van der Waals surface area contributed by atoms with Crippen LogP contribution < -0.4 is 5.32 Å². The Balaban J connectivity index is 2.11. The van der Waals surface area contributed by atoms with Crippen molar-refractivity contribution < 1.29 is 22.8 Å². The van der Waals surface area contributed by atoms with E-state index >= 15 is 0 Å². The van der Waals surface area contributed by atoms with Crippen molar-refractivity contribution in [2.45, 2.75) is 45.8 Å². The average molecular weight is 406 g/mol. The van der Waals surface area contributed by atoms with Crippen LogP contribution in [0, 0.1) is 0 Å². The zero-order valence-electron chi connectivity index (χ0n) is 16.9. The molecular formula is C22H25F3N2O2. The smallest absolute Gasteiger partial charge is 0.331 e. The molecule has 4 nitrogen and oxygen atoms in total. The molecule has 2 amide bonds. The molecule has 1 N–H and O–H groups in total. The van der Waals surface area contributed by atoms with E-state index in [9.17, 15) is 22.8 Å². The van der Waals surface area contributed by atoms with Crippen LogP contribution in [-0.4, -0.2) is 29.4 Å². The van der Waals surface area contributed by atoms with Crippen molar-refractivity contribution in [1.82, 2.24) is 4.90 Å². The van der Waals surface area contributed by atoms with Crippen LogP contribution >= 0.6 is 0 Å². The highest BCUT2D eigenvalue weighted by atomic mass is 19.4. The molecule has 0 aliphatic heterocycles. The molecule has 0 aliphatic rings. The van der Waals surface area contributed by atoms with E-state index in [1.54, 1.807) is 36.4 Å². The number of rotatable bonds is 5. The summed E-state index contributed by atoms with van der Waals surface area (Å²) in [5, 5.41) is 2.74. The molecule has 2 aromatic carbocycles. The maximum Gasteiger partial charge on any atom is 0.471 e. The molecule has 0 atom stereocenters. The Morgan fingerprint density at radius 2 is 1.62 bits per heavy atom. The van der Waals surface area contributed by atoms with Gasteiger partial charge in [0.1, 0.15) is 0 Å². The van der Waals surface area contributed by atoms with Crippen LogP contribution in [0.3, 0.4) is 0 Å². The summed E-state index contributed by atoms with van der Waals surface area (Å²) in [6.45, 7) is 7.45. The quantitative estimate of drug-likeness (QED) is 0.747. The second-order valence-corrected chi connectivity index (χ2v) is 7.80. The lowest BCUT2D eigenvalue weighted by atomic mass is 9.87. The minimum atomic E-state index is -4.92. The largest absolute Gasteiger partial charge is 0.471 e. The third-order valence-corrected chi connectivity index (χ3v) is 4.48. The van der Waals surface area contributed by atoms with Gasteiger partial charge in [-0.05, 0) is 47.7 Å². The van der Waals surface area contributed by atoms with Crippen molar-refractivity contribution >= 4 is 17.5 Å². The number of nitrogens with zero attached hydrogens (tertiary/aromatic N) is 1. The highest BCUT2D eigenvalue weighted by Crippen LogP contribution is 2.23. The average Bonchev–Trinajstić information content (AvgIpc) is 2.64. The monoisotopic (exact) mass is 406 g/mol. The van der Waals surface area contributed by atoms with Crippen LogP contribution in [0.2, 0.25) is 0 Å². The molecule has 29 heavy (non-hydrogen) atoms. The van der Waals surface area contributed by atoms with E-state index in [0.717, 1.165) is 5.56 Å². The lowest BCUT2D eigenvalue weighted by Gasteiger charge is -2.22. The molecule has 0 saturated heterocycles. The standard InChI is InChI=1S/C22H25F3N2O2/c1-5-27(20(29)22(23,24)25)14-15-7-6-8-18(13-15)26-19(28)16-9-11-17(12-10-16)21(2,3)4/h6-13H,5,14H2,1-4H3,(H,26,28). The summed E-state index contributed by atoms with van der Waals surface area (Å²) in [5.74, 6) is -2.20. The fraction of sp³-hybridized carbons (Fsp3) is 0.364. The van der Waals surface area contributed by atoms with E-state index in [0.29, 0.717) is 21.7 Å². The van der Waals surface area contributed by atoms with E-state index in [4.69, 9.17) is 0 Å². The van der Waals surface area contributed by atoms with Gasteiger partial charge in [0.2, 0.25) is 0 Å². The lowest BCUT2D eigenvalue weighted by molar-refractivity contribution is -0.185. The number of benzene rings is 2. The molecule has 0 heterocycles. The number of alkyl halides is 3. The minimum Gasteiger partial charge on any atom is -0.331 e. The fourth-order valence-electron chi connectivity index (χ4n) is 2.80. The summed E-state index contributed by atoms with van der Waals surface area (Å²) in [7, 11) is 0. The van der Waals surface area contributed by atoms with Crippen LogP contribution in [0.4, 0.5) is 18.9 Å². The van der Waals surface area contributed by atoms with Gasteiger partial charge in [0, 0.05) is 24.3 Å². The Bertz CT molecular complexity index is 869. The molecular weight excluding hydrogens is 381 g/mol. The van der Waals surface area contributed by atoms with E-state index in [-0.39, 0.29) is 24.4 Å². The van der Waals surface area contributed by atoms with Gasteiger partial charge < -0.3 is 10.2 Å². The Morgan fingerprint density at radius 1 is 1.00 bits per heavy atom. The lowest BCUT2D eigenvalue weighted by Crippen LogP contribution is -2.40. The molecule has 156 valence electrons. The first-order chi connectivity index (χ1) is 13.4. The molecule has 0 radical (unpaired) electrons. The number of amides is 2. The van der Waals surface area contributed by atoms with Crippen LogP contribution in [0.25, 0.3) is 0 Å². The Kier molecular flexibility index (Phi) is 6.72. The van der Waals surface area contributed by atoms with Gasteiger partial charge in [-0.1, -0.05) is 45.0 Å². The van der Waals surface area contributed by atoms with Crippen molar-refractivity contribution in [1.29, 1.82) is 0 Å². The molecule has 0 saturated carbocycles. The Morgan fingerprint density at radius 3 is 2.14 bits per heavy atom. The zero-order valence-corrected chi connectivity index (χ0v) is 16.9. The first-order valence-electron chi connectivity index (χ1n) is 9.28. The van der Waals surface area contributed by atoms with E-state index in [1.165, 1.54) is 6.92 Å². The molecule has 0 spiro atoms. The minimum absolute atomic E-state index is 0.0255. The summed E-state index contributed by atoms with van der Waals surface area (Å²) in [4.78, 5) is 24.7. The number of carbonyl (C=O) groups is 2. The molecule has 2 aromatic rings. The van der Waals surface area contributed by atoms with Gasteiger partial charge in [0.15, 0.2) is 0 Å². The van der Waals surface area contributed by atoms with Crippen LogP contribution in [-0.2, 0) is 16.8 Å². The highest BCUT2D eigenvalue weighted by Gasteiger charge is 2.41. The molecule has 7 heteroatoms. The van der Waals surface area contributed by atoms with Gasteiger partial charge in [0.25, 0.3) is 5.91 Å². The maximum absolute atomic E-state index is 12.7. The first kappa shape index (κ1) is 22.5. The van der Waals surface area contributed by atoms with Crippen LogP contribution in [0.5, 0.6) is 0 Å². The van der Waals surface area contributed by atoms with E-state index < -0.39 is 12.1 Å². The summed E-state index contributed by atoms with van der Waals surface area (Å²) in [6, 6.07) is 13.7. The van der Waals surface area contributed by atoms with Crippen molar-refractivity contribution in [2.75, 3.05) is 11.9 Å². The highest BCUT2D eigenvalue weighted by molar-refractivity contribution is 6.04. The number of nitrogens with one attached hydrogen (secondary N) is 1. The van der Waals surface area contributed by atoms with Crippen molar-refractivity contribution in [3.63, 3.8) is 0 Å². The van der Waals surface area contributed by atoms with Gasteiger partial charge in [-0.2, -0.15) is 13.2 Å². The Labute approximate surface area is 168 Å². The van der Waals surface area contributed by atoms with Gasteiger partial charge in [0.05, 0.1) is 0 Å². The molecule has 0 aliphatic carbocycles. The second-order valence-electron chi connectivity index (χ2n) is 7.80. The first-order valence-corrected chi connectivity index (χ1v) is 9.28. The topological polar surface area (TPSA) is 49.4 Å². The molecule has 2 rings (SSSR count). The van der Waals surface area contributed by atoms with Gasteiger partial charge in [-0.25, -0.2) is 0 Å². The van der Waals surface area contributed by atoms with Crippen molar-refractivity contribution in [3.8, 4) is 0 Å². The number of hydrogen-bond donors (Lipinski definition) is 1. The summed E-state index contributed by atoms with van der Waals surface area (Å²) in [6.07, 6.45) is -4.92. The van der Waals surface area contributed by atoms with Crippen molar-refractivity contribution in [3.05, 3.63) is 65.2 Å². The predicted molar refractivity (Wildman–Crippen MR) is 107 cm³/mol. The third-order valence-electron chi connectivity index (χ3n) is 4.48. The van der Waals surface area contributed by atoms with Gasteiger partial charge >= 0.3 is 12.1 Å². The molecule has 0 fully saturated rings. The third kappa shape index (κ3) is 6.07. The number of halogens is 3.